The van der Waals surface area contributed by atoms with Gasteiger partial charge in [-0.3, -0.25) is 9.80 Å². The van der Waals surface area contributed by atoms with Gasteiger partial charge >= 0.3 is 0 Å². The molecular formula is C16H29N3. The molecule has 0 radical (unpaired) electrons. The molecule has 4 saturated heterocycles. The molecule has 4 fully saturated rings. The van der Waals surface area contributed by atoms with Crippen molar-refractivity contribution < 1.29 is 0 Å². The molecule has 1 N–H and O–H groups in total. The van der Waals surface area contributed by atoms with Crippen molar-refractivity contribution in [3.63, 3.8) is 0 Å². The molecule has 0 aromatic rings. The molecule has 0 saturated carbocycles. The average Bonchev–Trinajstić information content (AvgIpc) is 3.17. The molecule has 4 rings (SSSR count). The first-order valence-electron chi connectivity index (χ1n) is 8.67. The van der Waals surface area contributed by atoms with Gasteiger partial charge in [-0.25, -0.2) is 0 Å². The first kappa shape index (κ1) is 12.6. The molecule has 4 heterocycles. The van der Waals surface area contributed by atoms with Crippen molar-refractivity contribution in [1.82, 2.24) is 15.1 Å². The predicted molar refractivity (Wildman–Crippen MR) is 78.4 cm³/mol. The van der Waals surface area contributed by atoms with E-state index in [2.05, 4.69) is 15.1 Å². The summed E-state index contributed by atoms with van der Waals surface area (Å²) in [6.45, 7) is 5.38. The Hall–Kier alpha value is -0.120. The topological polar surface area (TPSA) is 18.5 Å². The van der Waals surface area contributed by atoms with Gasteiger partial charge in [0.25, 0.3) is 0 Å². The molecule has 3 heteroatoms. The van der Waals surface area contributed by atoms with E-state index in [-0.39, 0.29) is 0 Å². The van der Waals surface area contributed by atoms with Gasteiger partial charge in [-0.1, -0.05) is 6.42 Å². The molecule has 0 aromatic carbocycles. The van der Waals surface area contributed by atoms with Crippen LogP contribution in [0.15, 0.2) is 0 Å². The van der Waals surface area contributed by atoms with Crippen LogP contribution in [0.25, 0.3) is 0 Å². The number of rotatable bonds is 2. The summed E-state index contributed by atoms with van der Waals surface area (Å²) in [5, 5.41) is 3.77. The van der Waals surface area contributed by atoms with E-state index in [1.807, 2.05) is 0 Å². The van der Waals surface area contributed by atoms with Gasteiger partial charge in [-0.2, -0.15) is 0 Å². The van der Waals surface area contributed by atoms with Crippen molar-refractivity contribution in [2.75, 3.05) is 26.2 Å². The molecule has 4 aliphatic rings. The van der Waals surface area contributed by atoms with Gasteiger partial charge in [0.15, 0.2) is 0 Å². The first-order valence-corrected chi connectivity index (χ1v) is 8.67. The van der Waals surface area contributed by atoms with Crippen molar-refractivity contribution in [2.24, 2.45) is 0 Å². The van der Waals surface area contributed by atoms with Crippen LogP contribution in [0, 0.1) is 0 Å². The number of likely N-dealkylation sites (tertiary alicyclic amines) is 1. The zero-order chi connectivity index (χ0) is 12.7. The first-order chi connectivity index (χ1) is 9.43. The fraction of sp³-hybridized carbons (Fsp3) is 1.00. The number of nitrogens with zero attached hydrogens (tertiary/aromatic N) is 2. The molecule has 4 unspecified atom stereocenters. The van der Waals surface area contributed by atoms with Gasteiger partial charge in [0.1, 0.15) is 0 Å². The van der Waals surface area contributed by atoms with Crippen LogP contribution in [-0.2, 0) is 0 Å². The maximum Gasteiger partial charge on any atom is 0.0267 e. The van der Waals surface area contributed by atoms with Crippen LogP contribution < -0.4 is 5.32 Å². The van der Waals surface area contributed by atoms with Gasteiger partial charge in [-0.15, -0.1) is 0 Å². The summed E-state index contributed by atoms with van der Waals surface area (Å²) in [5.74, 6) is 0. The van der Waals surface area contributed by atoms with E-state index in [9.17, 15) is 0 Å². The van der Waals surface area contributed by atoms with E-state index in [1.165, 1.54) is 77.5 Å². The number of nitrogens with one attached hydrogen (secondary N) is 1. The summed E-state index contributed by atoms with van der Waals surface area (Å²) >= 11 is 0. The lowest BCUT2D eigenvalue weighted by Gasteiger charge is -2.40. The lowest BCUT2D eigenvalue weighted by atomic mass is 9.95. The Labute approximate surface area is 117 Å². The van der Waals surface area contributed by atoms with Gasteiger partial charge < -0.3 is 5.32 Å². The number of fused-ring (bicyclic) bond motifs is 1. The van der Waals surface area contributed by atoms with E-state index in [4.69, 9.17) is 0 Å². The highest BCUT2D eigenvalue weighted by Crippen LogP contribution is 2.36. The Balaban J connectivity index is 1.48. The van der Waals surface area contributed by atoms with E-state index in [0.29, 0.717) is 0 Å². The van der Waals surface area contributed by atoms with Crippen LogP contribution in [0.1, 0.15) is 51.4 Å². The summed E-state index contributed by atoms with van der Waals surface area (Å²) in [6, 6.07) is 3.44. The van der Waals surface area contributed by atoms with Crippen molar-refractivity contribution >= 4 is 0 Å². The van der Waals surface area contributed by atoms with Crippen molar-refractivity contribution in [2.45, 2.75) is 75.5 Å². The zero-order valence-electron chi connectivity index (χ0n) is 12.2. The molecule has 4 aliphatic heterocycles. The van der Waals surface area contributed by atoms with E-state index in [0.717, 1.165) is 24.2 Å². The minimum atomic E-state index is 0.806. The highest BCUT2D eigenvalue weighted by Gasteiger charge is 2.44. The van der Waals surface area contributed by atoms with E-state index in [1.54, 1.807) is 0 Å². The monoisotopic (exact) mass is 263 g/mol. The Morgan fingerprint density at radius 1 is 0.684 bits per heavy atom. The van der Waals surface area contributed by atoms with Crippen LogP contribution >= 0.6 is 0 Å². The molecule has 0 aromatic heterocycles. The van der Waals surface area contributed by atoms with Gasteiger partial charge in [-0.05, 0) is 64.6 Å². The fourth-order valence-corrected chi connectivity index (χ4v) is 5.31. The second-order valence-corrected chi connectivity index (χ2v) is 7.11. The standard InChI is InChI=1S/C16H29N3/c1-2-10-18-12-8-16(15(18)6-1)19-11-4-7-14(19)13-5-3-9-17-13/h13-17H,1-12H2. The van der Waals surface area contributed by atoms with Crippen molar-refractivity contribution in [3.05, 3.63) is 0 Å². The summed E-state index contributed by atoms with van der Waals surface area (Å²) < 4.78 is 0. The molecule has 3 nitrogen and oxygen atoms in total. The number of piperidine rings is 1. The maximum absolute atomic E-state index is 3.77. The molecule has 19 heavy (non-hydrogen) atoms. The van der Waals surface area contributed by atoms with E-state index >= 15 is 0 Å². The minimum Gasteiger partial charge on any atom is -0.312 e. The van der Waals surface area contributed by atoms with Crippen LogP contribution in [0.3, 0.4) is 0 Å². The molecule has 108 valence electrons. The number of hydrogen-bond acceptors (Lipinski definition) is 3. The van der Waals surface area contributed by atoms with Gasteiger partial charge in [0.05, 0.1) is 0 Å². The third-order valence-corrected chi connectivity index (χ3v) is 6.15. The van der Waals surface area contributed by atoms with Crippen molar-refractivity contribution in [3.8, 4) is 0 Å². The molecule has 0 aliphatic carbocycles. The van der Waals surface area contributed by atoms with Gasteiger partial charge in [0.2, 0.25) is 0 Å². The second-order valence-electron chi connectivity index (χ2n) is 7.11. The summed E-state index contributed by atoms with van der Waals surface area (Å²) in [5.41, 5.74) is 0. The molecule has 0 spiro atoms. The third kappa shape index (κ3) is 2.24. The third-order valence-electron chi connectivity index (χ3n) is 6.15. The largest absolute Gasteiger partial charge is 0.312 e. The highest BCUT2D eigenvalue weighted by atomic mass is 15.3. The molecule has 0 bridgehead atoms. The minimum absolute atomic E-state index is 0.806. The summed E-state index contributed by atoms with van der Waals surface area (Å²) in [6.07, 6.45) is 11.5. The summed E-state index contributed by atoms with van der Waals surface area (Å²) in [4.78, 5) is 5.73. The molecule has 4 atom stereocenters. The summed E-state index contributed by atoms with van der Waals surface area (Å²) in [7, 11) is 0. The Bertz CT molecular complexity index is 313. The molecule has 0 amide bonds. The Morgan fingerprint density at radius 3 is 2.53 bits per heavy atom. The van der Waals surface area contributed by atoms with Crippen LogP contribution in [0.4, 0.5) is 0 Å². The second kappa shape index (κ2) is 5.34. The highest BCUT2D eigenvalue weighted by molar-refractivity contribution is 5.01. The van der Waals surface area contributed by atoms with E-state index < -0.39 is 0 Å². The average molecular weight is 263 g/mol. The normalized spacial score (nSPS) is 44.8. The molecular weight excluding hydrogens is 234 g/mol. The van der Waals surface area contributed by atoms with Crippen LogP contribution in [0.2, 0.25) is 0 Å². The SMILES string of the molecule is C1CNC(C2CCCN2C2CCN3CCCCC23)C1. The van der Waals surface area contributed by atoms with Crippen LogP contribution in [-0.4, -0.2) is 60.1 Å². The zero-order valence-corrected chi connectivity index (χ0v) is 12.2. The Kier molecular flexibility index (Phi) is 3.55. The maximum atomic E-state index is 3.77. The Morgan fingerprint density at radius 2 is 1.63 bits per heavy atom. The quantitative estimate of drug-likeness (QED) is 0.820. The lowest BCUT2D eigenvalue weighted by molar-refractivity contribution is 0.0938. The van der Waals surface area contributed by atoms with Gasteiger partial charge in [0, 0.05) is 30.7 Å². The number of hydrogen-bond donors (Lipinski definition) is 1. The van der Waals surface area contributed by atoms with Crippen LogP contribution in [0.5, 0.6) is 0 Å². The fourth-order valence-electron chi connectivity index (χ4n) is 5.31. The smallest absolute Gasteiger partial charge is 0.0267 e. The van der Waals surface area contributed by atoms with Crippen molar-refractivity contribution in [1.29, 1.82) is 0 Å². The predicted octanol–water partition coefficient (Wildman–Crippen LogP) is 1.83. The lowest BCUT2D eigenvalue weighted by Crippen LogP contribution is -2.53.